The average molecular weight is 434 g/mol. The molecule has 0 spiro atoms. The molecular weight excluding hydrogens is 422 g/mol. The van der Waals surface area contributed by atoms with Crippen LogP contribution in [-0.4, -0.2) is 23.6 Å². The largest absolute Gasteiger partial charge is 0.449 e. The number of H-pyrrole nitrogens is 1. The third-order valence-corrected chi connectivity index (χ3v) is 6.34. The second-order valence-electron chi connectivity index (χ2n) is 5.99. The topological polar surface area (TPSA) is 152 Å². The van der Waals surface area contributed by atoms with E-state index in [1.54, 1.807) is 24.3 Å². The van der Waals surface area contributed by atoms with Crippen molar-refractivity contribution in [1.82, 2.24) is 10.3 Å². The van der Waals surface area contributed by atoms with Crippen LogP contribution in [0.1, 0.15) is 5.56 Å². The minimum absolute atomic E-state index is 0.0449. The highest BCUT2D eigenvalue weighted by atomic mass is 32.2. The fourth-order valence-electron chi connectivity index (χ4n) is 2.59. The highest BCUT2D eigenvalue weighted by Crippen LogP contribution is 2.30. The Labute approximate surface area is 166 Å². The third kappa shape index (κ3) is 3.48. The van der Waals surface area contributed by atoms with Crippen LogP contribution in [0.15, 0.2) is 56.8 Å². The van der Waals surface area contributed by atoms with Gasteiger partial charge in [-0.3, -0.25) is 14.6 Å². The number of aromatic nitrogens is 3. The summed E-state index contributed by atoms with van der Waals surface area (Å²) in [5, 5.41) is 12.5. The van der Waals surface area contributed by atoms with Crippen molar-refractivity contribution in [3.8, 4) is 5.69 Å². The average Bonchev–Trinajstić information content (AvgIpc) is 3.24. The zero-order chi connectivity index (χ0) is 20.8. The maximum Gasteiger partial charge on any atom is 0.449 e. The molecule has 11 nitrogen and oxygen atoms in total. The summed E-state index contributed by atoms with van der Waals surface area (Å²) in [6.45, 7) is 1.86. The van der Waals surface area contributed by atoms with E-state index in [4.69, 9.17) is 0 Å². The summed E-state index contributed by atoms with van der Waals surface area (Å²) in [7, 11) is -4.37. The summed E-state index contributed by atoms with van der Waals surface area (Å²) >= 11 is 0.905. The van der Waals surface area contributed by atoms with Crippen LogP contribution in [-0.2, 0) is 10.0 Å². The SMILES string of the molecule is Cc1ccc(-[n+]2[nH]oc(=O)c2S(=O)(=O)Nc2nc3ccc([N+](=O)[O-])cc3s2)cc1. The molecule has 2 heterocycles. The van der Waals surface area contributed by atoms with Gasteiger partial charge < -0.3 is 0 Å². The lowest BCUT2D eigenvalue weighted by molar-refractivity contribution is -0.705. The van der Waals surface area contributed by atoms with Gasteiger partial charge in [0.15, 0.2) is 5.13 Å². The predicted molar refractivity (Wildman–Crippen MR) is 103 cm³/mol. The fraction of sp³-hybridized carbons (Fsp3) is 0.0625. The van der Waals surface area contributed by atoms with E-state index in [1.165, 1.54) is 18.2 Å². The van der Waals surface area contributed by atoms with E-state index >= 15 is 0 Å². The third-order valence-electron chi connectivity index (χ3n) is 3.96. The Kier molecular flexibility index (Phi) is 4.39. The molecule has 4 rings (SSSR count). The molecule has 2 aromatic carbocycles. The van der Waals surface area contributed by atoms with Crippen LogP contribution < -0.4 is 15.0 Å². The van der Waals surface area contributed by atoms with Crippen LogP contribution in [0.4, 0.5) is 10.8 Å². The van der Waals surface area contributed by atoms with Crippen molar-refractivity contribution in [2.24, 2.45) is 0 Å². The van der Waals surface area contributed by atoms with E-state index in [2.05, 4.69) is 19.5 Å². The number of fused-ring (bicyclic) bond motifs is 1. The molecule has 0 saturated carbocycles. The van der Waals surface area contributed by atoms with E-state index in [-0.39, 0.29) is 10.8 Å². The van der Waals surface area contributed by atoms with Crippen LogP contribution >= 0.6 is 11.3 Å². The molecule has 0 aliphatic heterocycles. The normalized spacial score (nSPS) is 11.6. The van der Waals surface area contributed by atoms with Crippen molar-refractivity contribution in [1.29, 1.82) is 0 Å². The first kappa shape index (κ1) is 18.8. The zero-order valence-electron chi connectivity index (χ0n) is 14.6. The Morgan fingerprint density at radius 2 is 1.97 bits per heavy atom. The van der Waals surface area contributed by atoms with Gasteiger partial charge in [-0.15, -0.1) is 0 Å². The molecule has 2 N–H and O–H groups in total. The molecule has 0 amide bonds. The van der Waals surface area contributed by atoms with Crippen molar-refractivity contribution >= 4 is 42.4 Å². The number of rotatable bonds is 5. The Bertz CT molecular complexity index is 1400. The van der Waals surface area contributed by atoms with Crippen molar-refractivity contribution in [3.05, 3.63) is 68.6 Å². The predicted octanol–water partition coefficient (Wildman–Crippen LogP) is 1.87. The summed E-state index contributed by atoms with van der Waals surface area (Å²) < 4.78 is 34.0. The molecule has 0 unspecified atom stereocenters. The molecule has 0 radical (unpaired) electrons. The molecule has 0 aliphatic rings. The first-order valence-corrected chi connectivity index (χ1v) is 10.3. The van der Waals surface area contributed by atoms with E-state index in [0.717, 1.165) is 21.6 Å². The number of aryl methyl sites for hydroxylation is 1. The van der Waals surface area contributed by atoms with Gasteiger partial charge in [-0.05, 0) is 22.9 Å². The molecule has 0 aliphatic carbocycles. The number of anilines is 1. The van der Waals surface area contributed by atoms with Crippen LogP contribution in [0.5, 0.6) is 0 Å². The van der Waals surface area contributed by atoms with Gasteiger partial charge in [-0.2, -0.15) is 8.42 Å². The molecule has 13 heteroatoms. The Balaban J connectivity index is 1.74. The number of sulfonamides is 1. The summed E-state index contributed by atoms with van der Waals surface area (Å²) in [5.41, 5.74) is 0.479. The molecule has 148 valence electrons. The zero-order valence-corrected chi connectivity index (χ0v) is 16.3. The second-order valence-corrected chi connectivity index (χ2v) is 8.62. The number of nitro benzene ring substituents is 1. The van der Waals surface area contributed by atoms with Gasteiger partial charge >= 0.3 is 20.7 Å². The molecular formula is C16H12N5O6S2+. The molecule has 0 saturated heterocycles. The van der Waals surface area contributed by atoms with Gasteiger partial charge in [0.2, 0.25) is 5.69 Å². The standard InChI is InChI=1S/C16H11N5O6S2/c1-9-2-4-10(5-3-9)20-14(15(22)27-19-20)29(25,26)18-16-17-12-7-6-11(21(23)24)8-13(12)28-16/h2-8H,1H3,(H-,17,18,19,22)/p+1. The summed E-state index contributed by atoms with van der Waals surface area (Å²) in [5.74, 6) is 0. The number of non-ortho nitro benzene ring substituents is 1. The number of nitro groups is 1. The Morgan fingerprint density at radius 3 is 2.66 bits per heavy atom. The van der Waals surface area contributed by atoms with E-state index < -0.39 is 25.6 Å². The second kappa shape index (κ2) is 6.79. The highest BCUT2D eigenvalue weighted by molar-refractivity contribution is 7.92. The first-order chi connectivity index (χ1) is 13.7. The Hall–Kier alpha value is -3.58. The summed E-state index contributed by atoms with van der Waals surface area (Å²) in [6, 6.07) is 10.7. The first-order valence-electron chi connectivity index (χ1n) is 8.03. The Morgan fingerprint density at radius 1 is 1.24 bits per heavy atom. The van der Waals surface area contributed by atoms with Crippen LogP contribution in [0.2, 0.25) is 0 Å². The summed E-state index contributed by atoms with van der Waals surface area (Å²) in [4.78, 5) is 26.5. The van der Waals surface area contributed by atoms with Crippen LogP contribution in [0, 0.1) is 17.0 Å². The number of benzene rings is 2. The number of thiazole rings is 1. The van der Waals surface area contributed by atoms with E-state index in [9.17, 15) is 23.3 Å². The monoisotopic (exact) mass is 434 g/mol. The van der Waals surface area contributed by atoms with Crippen molar-refractivity contribution in [3.63, 3.8) is 0 Å². The van der Waals surface area contributed by atoms with Gasteiger partial charge in [0, 0.05) is 24.3 Å². The molecule has 29 heavy (non-hydrogen) atoms. The minimum atomic E-state index is -4.37. The van der Waals surface area contributed by atoms with Crippen LogP contribution in [0.3, 0.4) is 0 Å². The van der Waals surface area contributed by atoms with Gasteiger partial charge in [0.1, 0.15) is 0 Å². The molecule has 4 aromatic rings. The number of nitrogens with zero attached hydrogens (tertiary/aromatic N) is 3. The summed E-state index contributed by atoms with van der Waals surface area (Å²) in [6.07, 6.45) is 0. The van der Waals surface area contributed by atoms with Crippen molar-refractivity contribution < 1.29 is 22.5 Å². The minimum Gasteiger partial charge on any atom is -0.281 e. The van der Waals surface area contributed by atoms with Gasteiger partial charge in [-0.1, -0.05) is 29.0 Å². The number of hydrogen-bond acceptors (Lipinski definition) is 8. The number of nitrogens with one attached hydrogen (secondary N) is 2. The molecule has 0 atom stereocenters. The number of aromatic amines is 1. The van der Waals surface area contributed by atoms with Gasteiger partial charge in [-0.25, -0.2) is 14.5 Å². The fourth-order valence-corrected chi connectivity index (χ4v) is 4.85. The van der Waals surface area contributed by atoms with Crippen molar-refractivity contribution in [2.45, 2.75) is 11.9 Å². The lowest BCUT2D eigenvalue weighted by Gasteiger charge is -1.99. The van der Waals surface area contributed by atoms with Gasteiger partial charge in [0.05, 0.1) is 15.1 Å². The quantitative estimate of drug-likeness (QED) is 0.276. The van der Waals surface area contributed by atoms with E-state index in [1.807, 2.05) is 6.92 Å². The molecule has 2 aromatic heterocycles. The van der Waals surface area contributed by atoms with Crippen molar-refractivity contribution in [2.75, 3.05) is 4.72 Å². The maximum absolute atomic E-state index is 12.8. The number of hydrogen-bond donors (Lipinski definition) is 2. The van der Waals surface area contributed by atoms with Crippen LogP contribution in [0.25, 0.3) is 15.9 Å². The maximum atomic E-state index is 12.8. The smallest absolute Gasteiger partial charge is 0.281 e. The lowest BCUT2D eigenvalue weighted by atomic mass is 10.2. The molecule has 0 fully saturated rings. The van der Waals surface area contributed by atoms with E-state index in [0.29, 0.717) is 15.9 Å². The van der Waals surface area contributed by atoms with Gasteiger partial charge in [0.25, 0.3) is 5.69 Å². The molecule has 0 bridgehead atoms. The lowest BCUT2D eigenvalue weighted by Crippen LogP contribution is -2.42. The highest BCUT2D eigenvalue weighted by Gasteiger charge is 2.37.